The molecule has 2 aromatic heterocycles. The van der Waals surface area contributed by atoms with E-state index < -0.39 is 29.0 Å². The number of pyridine rings is 1. The third-order valence-corrected chi connectivity index (χ3v) is 4.95. The Bertz CT molecular complexity index is 1180. The molecule has 3 aromatic rings. The van der Waals surface area contributed by atoms with Gasteiger partial charge in [0.05, 0.1) is 23.1 Å². The summed E-state index contributed by atoms with van der Waals surface area (Å²) in [6.45, 7) is -0.394. The summed E-state index contributed by atoms with van der Waals surface area (Å²) in [6.07, 6.45) is 2.95. The summed E-state index contributed by atoms with van der Waals surface area (Å²) < 4.78 is 6.47. The molecular formula is C20H15ClN4O5. The number of hydrazone groups is 1. The van der Waals surface area contributed by atoms with E-state index >= 15 is 0 Å². The minimum atomic E-state index is -0.626. The molecule has 3 heterocycles. The van der Waals surface area contributed by atoms with Crippen LogP contribution in [0.25, 0.3) is 0 Å². The van der Waals surface area contributed by atoms with Gasteiger partial charge in [-0.05, 0) is 29.8 Å². The third kappa shape index (κ3) is 3.87. The predicted molar refractivity (Wildman–Crippen MR) is 108 cm³/mol. The first kappa shape index (κ1) is 19.6. The predicted octanol–water partition coefficient (Wildman–Crippen LogP) is 3.38. The minimum absolute atomic E-state index is 0.281. The van der Waals surface area contributed by atoms with Crippen molar-refractivity contribution in [3.63, 3.8) is 0 Å². The molecule has 1 amide bonds. The highest BCUT2D eigenvalue weighted by Crippen LogP contribution is 2.33. The lowest BCUT2D eigenvalue weighted by Crippen LogP contribution is -2.33. The second-order valence-electron chi connectivity index (χ2n) is 6.64. The van der Waals surface area contributed by atoms with E-state index in [4.69, 9.17) is 16.0 Å². The lowest BCUT2D eigenvalue weighted by atomic mass is 10.0. The molecule has 0 radical (unpaired) electrons. The molecule has 0 bridgehead atoms. The topological polar surface area (TPSA) is 111 Å². The van der Waals surface area contributed by atoms with Crippen molar-refractivity contribution >= 4 is 28.9 Å². The van der Waals surface area contributed by atoms with Gasteiger partial charge in [0, 0.05) is 23.6 Å². The van der Waals surface area contributed by atoms with E-state index in [2.05, 4.69) is 5.10 Å². The molecule has 9 nitrogen and oxygen atoms in total. The first-order valence-corrected chi connectivity index (χ1v) is 9.34. The molecule has 30 heavy (non-hydrogen) atoms. The van der Waals surface area contributed by atoms with Gasteiger partial charge in [-0.1, -0.05) is 23.7 Å². The Hall–Kier alpha value is -3.72. The molecule has 1 unspecified atom stereocenters. The van der Waals surface area contributed by atoms with Crippen LogP contribution in [-0.4, -0.2) is 26.1 Å². The molecule has 0 aliphatic carbocycles. The van der Waals surface area contributed by atoms with E-state index in [1.165, 1.54) is 11.3 Å². The van der Waals surface area contributed by atoms with Crippen molar-refractivity contribution in [2.45, 2.75) is 19.0 Å². The zero-order valence-corrected chi connectivity index (χ0v) is 16.2. The summed E-state index contributed by atoms with van der Waals surface area (Å²) in [5.74, 6) is 0.0467. The maximum absolute atomic E-state index is 13.0. The van der Waals surface area contributed by atoms with Crippen LogP contribution in [-0.2, 0) is 11.3 Å². The van der Waals surface area contributed by atoms with Gasteiger partial charge in [-0.15, -0.1) is 0 Å². The van der Waals surface area contributed by atoms with Gasteiger partial charge in [0.1, 0.15) is 18.3 Å². The Kier molecular flexibility index (Phi) is 5.20. The third-order valence-electron chi connectivity index (χ3n) is 4.70. The lowest BCUT2D eigenvalue weighted by Gasteiger charge is -2.20. The van der Waals surface area contributed by atoms with Crippen LogP contribution in [0.1, 0.15) is 23.8 Å². The van der Waals surface area contributed by atoms with Gasteiger partial charge in [-0.25, -0.2) is 5.01 Å². The van der Waals surface area contributed by atoms with E-state index in [0.29, 0.717) is 22.9 Å². The average Bonchev–Trinajstić information content (AvgIpc) is 3.39. The molecule has 0 saturated carbocycles. The number of carbonyl (C=O) groups excluding carboxylic acids is 1. The monoisotopic (exact) mass is 426 g/mol. The van der Waals surface area contributed by atoms with Crippen LogP contribution in [0.15, 0.2) is 75.3 Å². The Morgan fingerprint density at radius 1 is 1.23 bits per heavy atom. The number of rotatable bonds is 5. The Labute approximate surface area is 174 Å². The molecule has 1 aromatic carbocycles. The van der Waals surface area contributed by atoms with Gasteiger partial charge in [-0.3, -0.25) is 24.3 Å². The SMILES string of the molecule is O=C(Cn1cc([N+](=O)[O-])ccc1=O)N1N=C(c2ccc(Cl)cc2)CC1c1ccco1. The molecule has 10 heteroatoms. The molecule has 4 rings (SSSR count). The van der Waals surface area contributed by atoms with Crippen LogP contribution < -0.4 is 5.56 Å². The highest BCUT2D eigenvalue weighted by molar-refractivity contribution is 6.30. The van der Waals surface area contributed by atoms with E-state index in [9.17, 15) is 19.7 Å². The molecule has 152 valence electrons. The molecule has 0 fully saturated rings. The number of halogens is 1. The Balaban J connectivity index is 1.66. The van der Waals surface area contributed by atoms with E-state index in [0.717, 1.165) is 28.5 Å². The number of aromatic nitrogens is 1. The summed E-state index contributed by atoms with van der Waals surface area (Å²) in [4.78, 5) is 35.4. The summed E-state index contributed by atoms with van der Waals surface area (Å²) in [7, 11) is 0. The van der Waals surface area contributed by atoms with Crippen LogP contribution in [0.2, 0.25) is 5.02 Å². The van der Waals surface area contributed by atoms with Crippen molar-refractivity contribution in [3.05, 3.63) is 97.8 Å². The zero-order valence-electron chi connectivity index (χ0n) is 15.5. The van der Waals surface area contributed by atoms with Crippen molar-refractivity contribution in [1.29, 1.82) is 0 Å². The second-order valence-corrected chi connectivity index (χ2v) is 7.07. The van der Waals surface area contributed by atoms with Crippen LogP contribution in [0.4, 0.5) is 5.69 Å². The maximum atomic E-state index is 13.0. The number of nitrogens with zero attached hydrogens (tertiary/aromatic N) is 4. The van der Waals surface area contributed by atoms with Crippen LogP contribution in [0.3, 0.4) is 0 Å². The van der Waals surface area contributed by atoms with Gasteiger partial charge < -0.3 is 4.42 Å². The summed E-state index contributed by atoms with van der Waals surface area (Å²) >= 11 is 5.95. The second kappa shape index (κ2) is 7.96. The number of benzene rings is 1. The standard InChI is InChI=1S/C20H15ClN4O5/c21-14-5-3-13(4-6-14)16-10-17(18-2-1-9-30-18)24(22-16)20(27)12-23-11-15(25(28)29)7-8-19(23)26/h1-9,11,17H,10,12H2. The van der Waals surface area contributed by atoms with Gasteiger partial charge in [0.2, 0.25) is 0 Å². The number of carbonyl (C=O) groups is 1. The van der Waals surface area contributed by atoms with E-state index in [1.807, 2.05) is 0 Å². The highest BCUT2D eigenvalue weighted by atomic mass is 35.5. The number of hydrogen-bond acceptors (Lipinski definition) is 6. The van der Waals surface area contributed by atoms with Crippen LogP contribution in [0, 0.1) is 10.1 Å². The quantitative estimate of drug-likeness (QED) is 0.458. The van der Waals surface area contributed by atoms with Crippen molar-refractivity contribution < 1.29 is 14.1 Å². The number of furan rings is 1. The minimum Gasteiger partial charge on any atom is -0.467 e. The van der Waals surface area contributed by atoms with Crippen LogP contribution >= 0.6 is 11.6 Å². The molecule has 0 N–H and O–H groups in total. The molecule has 0 saturated heterocycles. The van der Waals surface area contributed by atoms with Gasteiger partial charge in [-0.2, -0.15) is 5.10 Å². The first-order chi connectivity index (χ1) is 14.4. The molecular weight excluding hydrogens is 412 g/mol. The molecule has 0 spiro atoms. The Morgan fingerprint density at radius 2 is 2.00 bits per heavy atom. The molecule has 1 atom stereocenters. The number of nitro groups is 1. The smallest absolute Gasteiger partial charge is 0.285 e. The maximum Gasteiger partial charge on any atom is 0.285 e. The van der Waals surface area contributed by atoms with Crippen LogP contribution in [0.5, 0.6) is 0 Å². The average molecular weight is 427 g/mol. The number of hydrogen-bond donors (Lipinski definition) is 0. The highest BCUT2D eigenvalue weighted by Gasteiger charge is 2.35. The molecule has 1 aliphatic rings. The van der Waals surface area contributed by atoms with Gasteiger partial charge in [0.25, 0.3) is 17.2 Å². The Morgan fingerprint density at radius 3 is 2.67 bits per heavy atom. The summed E-state index contributed by atoms with van der Waals surface area (Å²) in [5, 5.41) is 17.3. The molecule has 1 aliphatic heterocycles. The van der Waals surface area contributed by atoms with E-state index in [1.54, 1.807) is 36.4 Å². The summed E-state index contributed by atoms with van der Waals surface area (Å²) in [5.41, 5.74) is 0.660. The van der Waals surface area contributed by atoms with Crippen molar-refractivity contribution in [1.82, 2.24) is 9.58 Å². The fourth-order valence-electron chi connectivity index (χ4n) is 3.23. The van der Waals surface area contributed by atoms with Gasteiger partial charge in [0.15, 0.2) is 0 Å². The van der Waals surface area contributed by atoms with E-state index in [-0.39, 0.29) is 5.69 Å². The lowest BCUT2D eigenvalue weighted by molar-refractivity contribution is -0.385. The van der Waals surface area contributed by atoms with Crippen molar-refractivity contribution in [3.8, 4) is 0 Å². The normalized spacial score (nSPS) is 15.8. The first-order valence-electron chi connectivity index (χ1n) is 8.96. The fourth-order valence-corrected chi connectivity index (χ4v) is 3.35. The van der Waals surface area contributed by atoms with Crippen molar-refractivity contribution in [2.24, 2.45) is 5.10 Å². The zero-order chi connectivity index (χ0) is 21.3. The fraction of sp³-hybridized carbons (Fsp3) is 0.150. The van der Waals surface area contributed by atoms with Gasteiger partial charge >= 0.3 is 0 Å². The number of amides is 1. The largest absolute Gasteiger partial charge is 0.467 e. The summed E-state index contributed by atoms with van der Waals surface area (Å²) in [6, 6.07) is 12.2. The van der Waals surface area contributed by atoms with Crippen molar-refractivity contribution in [2.75, 3.05) is 0 Å².